The molecule has 0 bridgehead atoms. The van der Waals surface area contributed by atoms with Crippen LogP contribution >= 0.6 is 0 Å². The lowest BCUT2D eigenvalue weighted by Gasteiger charge is -2.26. The van der Waals surface area contributed by atoms with Crippen LogP contribution in [0.4, 0.5) is 0 Å². The molecule has 0 aromatic carbocycles. The third-order valence-electron chi connectivity index (χ3n) is 2.54. The second-order valence-electron chi connectivity index (χ2n) is 4.23. The van der Waals surface area contributed by atoms with Crippen LogP contribution in [0.3, 0.4) is 0 Å². The number of rotatable bonds is 4. The fraction of sp³-hybridized carbons (Fsp3) is 0.818. The summed E-state index contributed by atoms with van der Waals surface area (Å²) in [5, 5.41) is 0. The van der Waals surface area contributed by atoms with Crippen LogP contribution in [0.15, 0.2) is 11.6 Å². The van der Waals surface area contributed by atoms with E-state index >= 15 is 0 Å². The Kier molecular flexibility index (Phi) is 4.46. The van der Waals surface area contributed by atoms with Crippen LogP contribution in [0, 0.1) is 0 Å². The van der Waals surface area contributed by atoms with Gasteiger partial charge < -0.3 is 5.73 Å². The molecule has 1 aliphatic rings. The van der Waals surface area contributed by atoms with Gasteiger partial charge in [-0.2, -0.15) is 0 Å². The summed E-state index contributed by atoms with van der Waals surface area (Å²) >= 11 is 0. The average molecular weight is 182 g/mol. The normalized spacial score (nSPS) is 21.3. The molecule has 0 aliphatic carbocycles. The molecule has 2 N–H and O–H groups in total. The molecule has 0 aromatic rings. The average Bonchev–Trinajstić information content (AvgIpc) is 2.03. The first-order chi connectivity index (χ1) is 6.18. The zero-order chi connectivity index (χ0) is 9.68. The minimum atomic E-state index is 0.362. The van der Waals surface area contributed by atoms with Crippen molar-refractivity contribution in [3.05, 3.63) is 11.6 Å². The van der Waals surface area contributed by atoms with Crippen LogP contribution in [0.25, 0.3) is 0 Å². The molecule has 13 heavy (non-hydrogen) atoms. The fourth-order valence-corrected chi connectivity index (χ4v) is 1.82. The maximum Gasteiger partial charge on any atom is 0.0190 e. The standard InChI is InChI=1S/C11H22N2/c1-10-5-3-7-13(9-10)8-4-6-11(2)12/h5,11H,3-4,6-9,12H2,1-2H3. The van der Waals surface area contributed by atoms with Crippen LogP contribution in [0.1, 0.15) is 33.1 Å². The molecule has 1 atom stereocenters. The van der Waals surface area contributed by atoms with Crippen molar-refractivity contribution in [2.75, 3.05) is 19.6 Å². The van der Waals surface area contributed by atoms with E-state index in [-0.39, 0.29) is 0 Å². The van der Waals surface area contributed by atoms with Gasteiger partial charge in [0.1, 0.15) is 0 Å². The van der Waals surface area contributed by atoms with E-state index in [4.69, 9.17) is 5.73 Å². The van der Waals surface area contributed by atoms with Gasteiger partial charge in [-0.1, -0.05) is 11.6 Å². The van der Waals surface area contributed by atoms with Crippen LogP contribution in [-0.2, 0) is 0 Å². The molecule has 1 aliphatic heterocycles. The Labute approximate surface area is 81.8 Å². The third-order valence-corrected chi connectivity index (χ3v) is 2.54. The molecular formula is C11H22N2. The van der Waals surface area contributed by atoms with Crippen molar-refractivity contribution < 1.29 is 0 Å². The Hall–Kier alpha value is -0.340. The Bertz CT molecular complexity index is 173. The van der Waals surface area contributed by atoms with E-state index in [0.29, 0.717) is 6.04 Å². The topological polar surface area (TPSA) is 29.3 Å². The van der Waals surface area contributed by atoms with Gasteiger partial charge in [-0.25, -0.2) is 0 Å². The highest BCUT2D eigenvalue weighted by atomic mass is 15.1. The van der Waals surface area contributed by atoms with Gasteiger partial charge in [0.15, 0.2) is 0 Å². The van der Waals surface area contributed by atoms with E-state index in [1.807, 2.05) is 0 Å². The van der Waals surface area contributed by atoms with Gasteiger partial charge in [-0.3, -0.25) is 4.90 Å². The highest BCUT2D eigenvalue weighted by Crippen LogP contribution is 2.09. The van der Waals surface area contributed by atoms with Gasteiger partial charge in [0.05, 0.1) is 0 Å². The van der Waals surface area contributed by atoms with Crippen molar-refractivity contribution in [1.29, 1.82) is 0 Å². The monoisotopic (exact) mass is 182 g/mol. The largest absolute Gasteiger partial charge is 0.328 e. The molecule has 0 saturated carbocycles. The SMILES string of the molecule is CC1=CCCN(CCCC(C)N)C1. The second kappa shape index (κ2) is 5.40. The zero-order valence-electron chi connectivity index (χ0n) is 8.92. The van der Waals surface area contributed by atoms with Gasteiger partial charge in [-0.15, -0.1) is 0 Å². The molecule has 2 nitrogen and oxygen atoms in total. The summed E-state index contributed by atoms with van der Waals surface area (Å²) < 4.78 is 0. The Morgan fingerprint density at radius 2 is 2.38 bits per heavy atom. The summed E-state index contributed by atoms with van der Waals surface area (Å²) in [7, 11) is 0. The lowest BCUT2D eigenvalue weighted by molar-refractivity contribution is 0.281. The molecule has 0 spiro atoms. The van der Waals surface area contributed by atoms with E-state index in [2.05, 4.69) is 24.8 Å². The summed E-state index contributed by atoms with van der Waals surface area (Å²) in [5.41, 5.74) is 7.23. The maximum atomic E-state index is 5.71. The molecular weight excluding hydrogens is 160 g/mol. The lowest BCUT2D eigenvalue weighted by atomic mass is 10.1. The van der Waals surface area contributed by atoms with E-state index in [9.17, 15) is 0 Å². The zero-order valence-corrected chi connectivity index (χ0v) is 8.92. The maximum absolute atomic E-state index is 5.71. The Balaban J connectivity index is 2.12. The quantitative estimate of drug-likeness (QED) is 0.671. The highest BCUT2D eigenvalue weighted by molar-refractivity contribution is 5.04. The van der Waals surface area contributed by atoms with Crippen molar-refractivity contribution in [2.24, 2.45) is 5.73 Å². The van der Waals surface area contributed by atoms with Crippen molar-refractivity contribution >= 4 is 0 Å². The molecule has 1 rings (SSSR count). The lowest BCUT2D eigenvalue weighted by Crippen LogP contribution is -2.31. The van der Waals surface area contributed by atoms with Gasteiger partial charge in [0, 0.05) is 19.1 Å². The number of hydrogen-bond acceptors (Lipinski definition) is 2. The first-order valence-corrected chi connectivity index (χ1v) is 5.32. The Morgan fingerprint density at radius 3 is 3.00 bits per heavy atom. The van der Waals surface area contributed by atoms with E-state index in [1.54, 1.807) is 0 Å². The van der Waals surface area contributed by atoms with E-state index < -0.39 is 0 Å². The van der Waals surface area contributed by atoms with Crippen molar-refractivity contribution in [1.82, 2.24) is 4.90 Å². The van der Waals surface area contributed by atoms with Gasteiger partial charge in [-0.05, 0) is 39.7 Å². The summed E-state index contributed by atoms with van der Waals surface area (Å²) in [6, 6.07) is 0.362. The van der Waals surface area contributed by atoms with Crippen LogP contribution in [0.5, 0.6) is 0 Å². The predicted molar refractivity (Wildman–Crippen MR) is 57.7 cm³/mol. The Morgan fingerprint density at radius 1 is 1.62 bits per heavy atom. The smallest absolute Gasteiger partial charge is 0.0190 e. The van der Waals surface area contributed by atoms with E-state index in [1.165, 1.54) is 38.0 Å². The molecule has 0 radical (unpaired) electrons. The molecule has 0 amide bonds. The fourth-order valence-electron chi connectivity index (χ4n) is 1.82. The molecule has 2 heteroatoms. The molecule has 0 saturated heterocycles. The third kappa shape index (κ3) is 4.44. The summed E-state index contributed by atoms with van der Waals surface area (Å²) in [4.78, 5) is 2.53. The predicted octanol–water partition coefficient (Wildman–Crippen LogP) is 1.77. The number of hydrogen-bond donors (Lipinski definition) is 1. The molecule has 1 unspecified atom stereocenters. The van der Waals surface area contributed by atoms with Crippen molar-refractivity contribution in [3.8, 4) is 0 Å². The summed E-state index contributed by atoms with van der Waals surface area (Å²) in [6.07, 6.45) is 5.97. The minimum absolute atomic E-state index is 0.362. The molecule has 1 heterocycles. The van der Waals surface area contributed by atoms with Crippen molar-refractivity contribution in [3.63, 3.8) is 0 Å². The molecule has 76 valence electrons. The second-order valence-corrected chi connectivity index (χ2v) is 4.23. The van der Waals surface area contributed by atoms with Gasteiger partial charge >= 0.3 is 0 Å². The van der Waals surface area contributed by atoms with Crippen molar-refractivity contribution in [2.45, 2.75) is 39.2 Å². The first kappa shape index (κ1) is 10.7. The summed E-state index contributed by atoms with van der Waals surface area (Å²) in [6.45, 7) is 7.92. The highest BCUT2D eigenvalue weighted by Gasteiger charge is 2.08. The number of nitrogens with zero attached hydrogens (tertiary/aromatic N) is 1. The van der Waals surface area contributed by atoms with Crippen LogP contribution in [-0.4, -0.2) is 30.6 Å². The van der Waals surface area contributed by atoms with Gasteiger partial charge in [0.25, 0.3) is 0 Å². The van der Waals surface area contributed by atoms with Crippen LogP contribution < -0.4 is 5.73 Å². The molecule has 0 fully saturated rings. The van der Waals surface area contributed by atoms with E-state index in [0.717, 1.165) is 6.42 Å². The number of nitrogens with two attached hydrogens (primary N) is 1. The minimum Gasteiger partial charge on any atom is -0.328 e. The van der Waals surface area contributed by atoms with Crippen LogP contribution in [0.2, 0.25) is 0 Å². The first-order valence-electron chi connectivity index (χ1n) is 5.32. The summed E-state index contributed by atoms with van der Waals surface area (Å²) in [5.74, 6) is 0. The van der Waals surface area contributed by atoms with Gasteiger partial charge in [0.2, 0.25) is 0 Å². The molecule has 0 aromatic heterocycles.